The van der Waals surface area contributed by atoms with E-state index in [9.17, 15) is 9.90 Å². The van der Waals surface area contributed by atoms with Crippen LogP contribution in [0.3, 0.4) is 0 Å². The molecule has 2 aliphatic rings. The Hall–Kier alpha value is -0.736. The predicted octanol–water partition coefficient (Wildman–Crippen LogP) is 9.97. The lowest BCUT2D eigenvalue weighted by molar-refractivity contribution is -0.140. The Morgan fingerprint density at radius 3 is 2.14 bits per heavy atom. The largest absolute Gasteiger partial charge is 0.469 e. The van der Waals surface area contributed by atoms with E-state index in [0.29, 0.717) is 18.3 Å². The first-order chi connectivity index (χ1) is 19.8. The van der Waals surface area contributed by atoms with E-state index in [2.05, 4.69) is 99.0 Å². The standard InChI is InChI=1S/C36H68O5Si2/c1-13-24-36(25-19-26-36)32(41-43(11,12)35(5,6)7)22-18-21-29-28(20-16-14-15-17-23-33(38)39-8)30(37)27-31(29)40-42(9,10)34(2,3)4/h14,16,18,21,28-32,37H,13,15,17,19-20,22-27H2,1-12H3/b16-14-,21-18+/t28-,29-,30+,31-,32?/m1/s1. The molecule has 0 aromatic heterocycles. The molecule has 0 spiro atoms. The van der Waals surface area contributed by atoms with E-state index in [1.165, 1.54) is 39.2 Å². The maximum Gasteiger partial charge on any atom is 0.305 e. The first-order valence-electron chi connectivity index (χ1n) is 17.2. The van der Waals surface area contributed by atoms with Crippen LogP contribution >= 0.6 is 0 Å². The van der Waals surface area contributed by atoms with Crippen LogP contribution in [0, 0.1) is 17.3 Å². The van der Waals surface area contributed by atoms with Crippen molar-refractivity contribution in [3.05, 3.63) is 24.3 Å². The fourth-order valence-electron chi connectivity index (χ4n) is 6.38. The van der Waals surface area contributed by atoms with E-state index in [4.69, 9.17) is 13.6 Å². The van der Waals surface area contributed by atoms with E-state index in [0.717, 1.165) is 25.7 Å². The summed E-state index contributed by atoms with van der Waals surface area (Å²) in [5, 5.41) is 11.6. The van der Waals surface area contributed by atoms with Crippen molar-refractivity contribution < 1.29 is 23.5 Å². The zero-order valence-corrected chi connectivity index (χ0v) is 32.1. The third kappa shape index (κ3) is 10.4. The van der Waals surface area contributed by atoms with Crippen LogP contribution in [0.2, 0.25) is 36.3 Å². The Kier molecular flexibility index (Phi) is 14.0. The summed E-state index contributed by atoms with van der Waals surface area (Å²) in [6, 6.07) is 0. The molecule has 0 bridgehead atoms. The minimum Gasteiger partial charge on any atom is -0.469 e. The van der Waals surface area contributed by atoms with Gasteiger partial charge in [0.2, 0.25) is 0 Å². The molecule has 0 aromatic carbocycles. The summed E-state index contributed by atoms with van der Waals surface area (Å²) in [6.07, 6.45) is 19.8. The van der Waals surface area contributed by atoms with Crippen molar-refractivity contribution >= 4 is 22.6 Å². The van der Waals surface area contributed by atoms with Gasteiger partial charge in [0.1, 0.15) is 0 Å². The van der Waals surface area contributed by atoms with Crippen LogP contribution in [0.15, 0.2) is 24.3 Å². The fourth-order valence-corrected chi connectivity index (χ4v) is 9.15. The molecule has 0 radical (unpaired) electrons. The number of aliphatic hydroxyl groups is 1. The van der Waals surface area contributed by atoms with Crippen LogP contribution in [0.5, 0.6) is 0 Å². The summed E-state index contributed by atoms with van der Waals surface area (Å²) in [7, 11) is -2.50. The summed E-state index contributed by atoms with van der Waals surface area (Å²) in [4.78, 5) is 11.5. The number of hydrogen-bond donors (Lipinski definition) is 1. The van der Waals surface area contributed by atoms with Gasteiger partial charge in [0, 0.05) is 12.3 Å². The van der Waals surface area contributed by atoms with Crippen LogP contribution in [-0.2, 0) is 18.4 Å². The highest BCUT2D eigenvalue weighted by atomic mass is 28.4. The molecule has 250 valence electrons. The van der Waals surface area contributed by atoms with Crippen molar-refractivity contribution in [1.82, 2.24) is 0 Å². The normalized spacial score (nSPS) is 25.8. The number of unbranched alkanes of at least 4 members (excludes halogenated alkanes) is 1. The summed E-state index contributed by atoms with van der Waals surface area (Å²) >= 11 is 0. The Balaban J connectivity index is 2.29. The Labute approximate surface area is 267 Å². The molecule has 43 heavy (non-hydrogen) atoms. The first kappa shape index (κ1) is 38.4. The van der Waals surface area contributed by atoms with Gasteiger partial charge in [-0.3, -0.25) is 4.79 Å². The van der Waals surface area contributed by atoms with E-state index in [1.54, 1.807) is 0 Å². The van der Waals surface area contributed by atoms with Crippen molar-refractivity contribution in [1.29, 1.82) is 0 Å². The molecule has 5 nitrogen and oxygen atoms in total. The lowest BCUT2D eigenvalue weighted by Gasteiger charge is -2.51. The second-order valence-electron chi connectivity index (χ2n) is 16.6. The van der Waals surface area contributed by atoms with Gasteiger partial charge >= 0.3 is 5.97 Å². The summed E-state index contributed by atoms with van der Waals surface area (Å²) in [5.41, 5.74) is 0.299. The molecule has 1 unspecified atom stereocenters. The minimum atomic E-state index is -2.01. The highest BCUT2D eigenvalue weighted by Gasteiger charge is 2.49. The van der Waals surface area contributed by atoms with E-state index in [-0.39, 0.29) is 46.2 Å². The summed E-state index contributed by atoms with van der Waals surface area (Å²) in [5.74, 6) is 0.130. The van der Waals surface area contributed by atoms with Crippen molar-refractivity contribution in [3.8, 4) is 0 Å². The zero-order chi connectivity index (χ0) is 32.7. The van der Waals surface area contributed by atoms with E-state index < -0.39 is 16.6 Å². The van der Waals surface area contributed by atoms with Crippen LogP contribution in [0.25, 0.3) is 0 Å². The zero-order valence-electron chi connectivity index (χ0n) is 30.1. The van der Waals surface area contributed by atoms with Gasteiger partial charge in [0.05, 0.1) is 25.4 Å². The van der Waals surface area contributed by atoms with Gasteiger partial charge in [-0.15, -0.1) is 0 Å². The third-order valence-electron chi connectivity index (χ3n) is 11.4. The number of esters is 1. The minimum absolute atomic E-state index is 0.0259. The number of allylic oxidation sites excluding steroid dienone is 2. The quantitative estimate of drug-likeness (QED) is 0.0790. The molecule has 0 aromatic rings. The van der Waals surface area contributed by atoms with Crippen LogP contribution in [-0.4, -0.2) is 53.1 Å². The molecule has 7 heteroatoms. The Bertz CT molecular complexity index is 923. The van der Waals surface area contributed by atoms with Crippen molar-refractivity contribution in [2.75, 3.05) is 7.11 Å². The van der Waals surface area contributed by atoms with Crippen molar-refractivity contribution in [3.63, 3.8) is 0 Å². The molecule has 0 amide bonds. The summed E-state index contributed by atoms with van der Waals surface area (Å²) < 4.78 is 19.0. The maximum atomic E-state index is 11.5. The van der Waals surface area contributed by atoms with Gasteiger partial charge in [-0.25, -0.2) is 0 Å². The smallest absolute Gasteiger partial charge is 0.305 e. The molecule has 5 atom stereocenters. The van der Waals surface area contributed by atoms with Gasteiger partial charge < -0.3 is 18.7 Å². The molecular formula is C36H68O5Si2. The lowest BCUT2D eigenvalue weighted by atomic mass is 9.62. The topological polar surface area (TPSA) is 65.0 Å². The lowest BCUT2D eigenvalue weighted by Crippen LogP contribution is -2.51. The van der Waals surface area contributed by atoms with Gasteiger partial charge in [0.25, 0.3) is 0 Å². The van der Waals surface area contributed by atoms with Gasteiger partial charge in [-0.2, -0.15) is 0 Å². The number of methoxy groups -OCH3 is 1. The number of hydrogen-bond acceptors (Lipinski definition) is 5. The SMILES string of the molecule is CCCC1(C(C/C=C/[C@@H]2[C@@H](C/C=C\CCCC(=O)OC)[C@@H](O)C[C@H]2O[Si](C)(C)C(C)(C)C)O[Si](C)(C)C(C)(C)C)CCC1. The van der Waals surface area contributed by atoms with Crippen molar-refractivity contribution in [2.45, 2.75) is 174 Å². The highest BCUT2D eigenvalue weighted by molar-refractivity contribution is 6.74. The number of rotatable bonds is 16. The molecular weight excluding hydrogens is 569 g/mol. The Morgan fingerprint density at radius 1 is 1.00 bits per heavy atom. The molecule has 0 aliphatic heterocycles. The Morgan fingerprint density at radius 2 is 1.63 bits per heavy atom. The van der Waals surface area contributed by atoms with E-state index in [1.807, 2.05) is 0 Å². The number of carbonyl (C=O) groups excluding carboxylic acids is 1. The first-order valence-corrected chi connectivity index (χ1v) is 23.0. The fraction of sp³-hybridized carbons (Fsp3) is 0.861. The molecule has 2 rings (SSSR count). The second kappa shape index (κ2) is 15.7. The van der Waals surface area contributed by atoms with Crippen LogP contribution in [0.1, 0.15) is 119 Å². The molecule has 0 heterocycles. The molecule has 2 saturated carbocycles. The molecule has 2 fully saturated rings. The number of ether oxygens (including phenoxy) is 1. The van der Waals surface area contributed by atoms with Gasteiger partial charge in [0.15, 0.2) is 16.6 Å². The van der Waals surface area contributed by atoms with Crippen LogP contribution < -0.4 is 0 Å². The average molecular weight is 637 g/mol. The molecule has 2 aliphatic carbocycles. The maximum absolute atomic E-state index is 11.5. The molecule has 0 saturated heterocycles. The van der Waals surface area contributed by atoms with Gasteiger partial charge in [-0.05, 0) is 99.0 Å². The second-order valence-corrected chi connectivity index (χ2v) is 26.1. The van der Waals surface area contributed by atoms with E-state index >= 15 is 0 Å². The predicted molar refractivity (Wildman–Crippen MR) is 186 cm³/mol. The third-order valence-corrected chi connectivity index (χ3v) is 20.4. The van der Waals surface area contributed by atoms with Crippen molar-refractivity contribution in [2.24, 2.45) is 17.3 Å². The molecule has 1 N–H and O–H groups in total. The van der Waals surface area contributed by atoms with Gasteiger partial charge in [-0.1, -0.05) is 85.6 Å². The highest BCUT2D eigenvalue weighted by Crippen LogP contribution is 2.52. The monoisotopic (exact) mass is 636 g/mol. The number of carbonyl (C=O) groups is 1. The number of aliphatic hydroxyl groups excluding tert-OH is 1. The summed E-state index contributed by atoms with van der Waals surface area (Å²) in [6.45, 7) is 25.6. The van der Waals surface area contributed by atoms with Crippen LogP contribution in [0.4, 0.5) is 0 Å². The average Bonchev–Trinajstić information content (AvgIpc) is 3.14.